The SMILES string of the molecule is O=C1OC(c2ccncc2)CN1C1CCN(Cc2cc3ccccc3[nH]2)CC1. The van der Waals surface area contributed by atoms with Gasteiger partial charge >= 0.3 is 6.09 Å². The molecular weight excluding hydrogens is 352 g/mol. The van der Waals surface area contributed by atoms with Crippen molar-refractivity contribution < 1.29 is 9.53 Å². The average molecular weight is 376 g/mol. The van der Waals surface area contributed by atoms with E-state index in [9.17, 15) is 4.79 Å². The number of aromatic amines is 1. The van der Waals surface area contributed by atoms with Gasteiger partial charge in [-0.05, 0) is 48.1 Å². The molecule has 2 aliphatic rings. The number of rotatable bonds is 4. The van der Waals surface area contributed by atoms with Crippen LogP contribution in [0, 0.1) is 0 Å². The van der Waals surface area contributed by atoms with Crippen LogP contribution in [0.3, 0.4) is 0 Å². The zero-order chi connectivity index (χ0) is 18.9. The van der Waals surface area contributed by atoms with Gasteiger partial charge in [0.2, 0.25) is 0 Å². The molecule has 6 heteroatoms. The zero-order valence-corrected chi connectivity index (χ0v) is 15.8. The Bertz CT molecular complexity index is 930. The second-order valence-corrected chi connectivity index (χ2v) is 7.69. The van der Waals surface area contributed by atoms with E-state index < -0.39 is 0 Å². The van der Waals surface area contributed by atoms with Crippen LogP contribution in [0.15, 0.2) is 54.9 Å². The van der Waals surface area contributed by atoms with Crippen molar-refractivity contribution in [3.63, 3.8) is 0 Å². The molecule has 1 unspecified atom stereocenters. The summed E-state index contributed by atoms with van der Waals surface area (Å²) < 4.78 is 5.61. The Kier molecular flexibility index (Phi) is 4.49. The number of benzene rings is 1. The van der Waals surface area contributed by atoms with Gasteiger partial charge in [-0.3, -0.25) is 9.88 Å². The summed E-state index contributed by atoms with van der Waals surface area (Å²) in [6, 6.07) is 14.7. The Labute approximate surface area is 164 Å². The van der Waals surface area contributed by atoms with Gasteiger partial charge in [-0.25, -0.2) is 4.79 Å². The average Bonchev–Trinajstić information content (AvgIpc) is 3.32. The normalized spacial score (nSPS) is 21.4. The molecule has 2 saturated heterocycles. The number of carbonyl (C=O) groups excluding carboxylic acids is 1. The topological polar surface area (TPSA) is 61.5 Å². The van der Waals surface area contributed by atoms with Crippen molar-refractivity contribution in [1.29, 1.82) is 0 Å². The van der Waals surface area contributed by atoms with E-state index in [4.69, 9.17) is 4.74 Å². The number of likely N-dealkylation sites (tertiary alicyclic amines) is 1. The minimum absolute atomic E-state index is 0.181. The number of fused-ring (bicyclic) bond motifs is 1. The molecule has 0 saturated carbocycles. The second-order valence-electron chi connectivity index (χ2n) is 7.69. The number of cyclic esters (lactones) is 1. The smallest absolute Gasteiger partial charge is 0.410 e. The Hall–Kier alpha value is -2.86. The first-order valence-electron chi connectivity index (χ1n) is 9.92. The molecule has 2 aromatic heterocycles. The molecule has 1 N–H and O–H groups in total. The van der Waals surface area contributed by atoms with E-state index in [-0.39, 0.29) is 18.2 Å². The van der Waals surface area contributed by atoms with Crippen molar-refractivity contribution in [1.82, 2.24) is 19.8 Å². The van der Waals surface area contributed by atoms with Crippen LogP contribution in [0.2, 0.25) is 0 Å². The fourth-order valence-corrected chi connectivity index (χ4v) is 4.38. The second kappa shape index (κ2) is 7.28. The van der Waals surface area contributed by atoms with Crippen molar-refractivity contribution in [3.05, 3.63) is 66.1 Å². The molecule has 2 aliphatic heterocycles. The number of hydrogen-bond donors (Lipinski definition) is 1. The van der Waals surface area contributed by atoms with Crippen molar-refractivity contribution in [2.24, 2.45) is 0 Å². The first-order valence-corrected chi connectivity index (χ1v) is 9.92. The molecule has 144 valence electrons. The maximum Gasteiger partial charge on any atom is 0.410 e. The number of hydrogen-bond acceptors (Lipinski definition) is 4. The van der Waals surface area contributed by atoms with E-state index in [2.05, 4.69) is 45.2 Å². The molecule has 2 fully saturated rings. The highest BCUT2D eigenvalue weighted by Gasteiger charge is 2.38. The van der Waals surface area contributed by atoms with Crippen molar-refractivity contribution in [2.45, 2.75) is 31.5 Å². The fraction of sp³-hybridized carbons (Fsp3) is 0.364. The molecule has 6 nitrogen and oxygen atoms in total. The van der Waals surface area contributed by atoms with Crippen LogP contribution >= 0.6 is 0 Å². The van der Waals surface area contributed by atoms with Crippen LogP contribution in [0.25, 0.3) is 10.9 Å². The Balaban J connectivity index is 1.18. The van der Waals surface area contributed by atoms with E-state index in [1.807, 2.05) is 17.0 Å². The predicted octanol–water partition coefficient (Wildman–Crippen LogP) is 3.72. The van der Waals surface area contributed by atoms with E-state index in [1.165, 1.54) is 16.6 Å². The molecule has 3 aromatic rings. The number of carbonyl (C=O) groups is 1. The summed E-state index contributed by atoms with van der Waals surface area (Å²) in [4.78, 5) is 24.3. The number of nitrogens with one attached hydrogen (secondary N) is 1. The molecule has 1 amide bonds. The molecule has 1 atom stereocenters. The number of ether oxygens (including phenoxy) is 1. The highest BCUT2D eigenvalue weighted by Crippen LogP contribution is 2.30. The molecule has 0 aliphatic carbocycles. The van der Waals surface area contributed by atoms with Crippen molar-refractivity contribution in [3.8, 4) is 0 Å². The largest absolute Gasteiger partial charge is 0.439 e. The van der Waals surface area contributed by atoms with Gasteiger partial charge in [-0.2, -0.15) is 0 Å². The Morgan fingerprint density at radius 2 is 1.89 bits per heavy atom. The Morgan fingerprint density at radius 3 is 2.68 bits per heavy atom. The van der Waals surface area contributed by atoms with Crippen LogP contribution in [-0.4, -0.2) is 51.5 Å². The van der Waals surface area contributed by atoms with Gasteiger partial charge in [0.05, 0.1) is 6.54 Å². The van der Waals surface area contributed by atoms with Gasteiger partial charge < -0.3 is 14.6 Å². The maximum atomic E-state index is 12.4. The summed E-state index contributed by atoms with van der Waals surface area (Å²) in [5.74, 6) is 0. The number of aromatic nitrogens is 2. The molecule has 0 bridgehead atoms. The van der Waals surface area contributed by atoms with Gasteiger partial charge in [0.25, 0.3) is 0 Å². The number of para-hydroxylation sites is 1. The number of piperidine rings is 1. The number of amides is 1. The molecule has 1 aromatic carbocycles. The standard InChI is InChI=1S/C22H24N4O2/c27-22-26(15-21(28-22)16-5-9-23-10-6-16)19-7-11-25(12-8-19)14-18-13-17-3-1-2-4-20(17)24-18/h1-6,9-10,13,19,21,24H,7-8,11-12,14-15H2. The lowest BCUT2D eigenvalue weighted by Crippen LogP contribution is -2.45. The maximum absolute atomic E-state index is 12.4. The number of H-pyrrole nitrogens is 1. The lowest BCUT2D eigenvalue weighted by atomic mass is 10.0. The third-order valence-electron chi connectivity index (χ3n) is 5.90. The minimum atomic E-state index is -0.184. The number of nitrogens with zero attached hydrogens (tertiary/aromatic N) is 3. The first-order chi connectivity index (χ1) is 13.8. The first kappa shape index (κ1) is 17.3. The molecule has 0 spiro atoms. The summed E-state index contributed by atoms with van der Waals surface area (Å²) in [6.45, 7) is 3.54. The summed E-state index contributed by atoms with van der Waals surface area (Å²) in [5, 5.41) is 1.26. The molecule has 5 rings (SSSR count). The highest BCUT2D eigenvalue weighted by atomic mass is 16.6. The third-order valence-corrected chi connectivity index (χ3v) is 5.90. The monoisotopic (exact) mass is 376 g/mol. The summed E-state index contributed by atoms with van der Waals surface area (Å²) >= 11 is 0. The Morgan fingerprint density at radius 1 is 1.11 bits per heavy atom. The van der Waals surface area contributed by atoms with Gasteiger partial charge in [0.1, 0.15) is 6.10 Å². The van der Waals surface area contributed by atoms with Gasteiger partial charge in [-0.15, -0.1) is 0 Å². The summed E-state index contributed by atoms with van der Waals surface area (Å²) in [5.41, 5.74) is 3.45. The van der Waals surface area contributed by atoms with E-state index >= 15 is 0 Å². The minimum Gasteiger partial charge on any atom is -0.439 e. The zero-order valence-electron chi connectivity index (χ0n) is 15.8. The van der Waals surface area contributed by atoms with Crippen LogP contribution < -0.4 is 0 Å². The van der Waals surface area contributed by atoms with E-state index in [0.29, 0.717) is 6.54 Å². The lowest BCUT2D eigenvalue weighted by molar-refractivity contribution is 0.110. The van der Waals surface area contributed by atoms with E-state index in [0.717, 1.165) is 38.0 Å². The van der Waals surface area contributed by atoms with Crippen molar-refractivity contribution in [2.75, 3.05) is 19.6 Å². The molecule has 4 heterocycles. The lowest BCUT2D eigenvalue weighted by Gasteiger charge is -2.35. The highest BCUT2D eigenvalue weighted by molar-refractivity contribution is 5.80. The van der Waals surface area contributed by atoms with Crippen molar-refractivity contribution >= 4 is 17.0 Å². The van der Waals surface area contributed by atoms with Crippen LogP contribution in [0.4, 0.5) is 4.79 Å². The summed E-state index contributed by atoms with van der Waals surface area (Å²) in [7, 11) is 0. The third kappa shape index (κ3) is 3.36. The molecule has 0 radical (unpaired) electrons. The van der Waals surface area contributed by atoms with E-state index in [1.54, 1.807) is 12.4 Å². The number of pyridine rings is 1. The summed E-state index contributed by atoms with van der Waals surface area (Å²) in [6.07, 6.45) is 5.09. The van der Waals surface area contributed by atoms with Gasteiger partial charge in [0, 0.05) is 49.3 Å². The molecular formula is C22H24N4O2. The van der Waals surface area contributed by atoms with Crippen LogP contribution in [0.5, 0.6) is 0 Å². The fourth-order valence-electron chi connectivity index (χ4n) is 4.38. The van der Waals surface area contributed by atoms with Crippen LogP contribution in [0.1, 0.15) is 30.2 Å². The van der Waals surface area contributed by atoms with Crippen LogP contribution in [-0.2, 0) is 11.3 Å². The predicted molar refractivity (Wildman–Crippen MR) is 107 cm³/mol. The van der Waals surface area contributed by atoms with Gasteiger partial charge in [0.15, 0.2) is 0 Å². The quantitative estimate of drug-likeness (QED) is 0.754. The molecule has 28 heavy (non-hydrogen) atoms. The van der Waals surface area contributed by atoms with Gasteiger partial charge in [-0.1, -0.05) is 18.2 Å².